The van der Waals surface area contributed by atoms with Crippen molar-refractivity contribution >= 4 is 35.2 Å². The number of fused-ring (bicyclic) bond motifs is 3. The molecule has 1 amide bonds. The number of ketones is 1. The van der Waals surface area contributed by atoms with Gasteiger partial charge < -0.3 is 19.6 Å². The van der Waals surface area contributed by atoms with E-state index in [1.54, 1.807) is 20.8 Å². The summed E-state index contributed by atoms with van der Waals surface area (Å²) in [6.07, 6.45) is 10.1. The molecule has 0 radical (unpaired) electrons. The van der Waals surface area contributed by atoms with Gasteiger partial charge in [-0.05, 0) is 149 Å². The van der Waals surface area contributed by atoms with Gasteiger partial charge in [0.25, 0.3) is 0 Å². The van der Waals surface area contributed by atoms with E-state index < -0.39 is 17.4 Å². The van der Waals surface area contributed by atoms with Crippen molar-refractivity contribution in [2.45, 2.75) is 165 Å². The van der Waals surface area contributed by atoms with Crippen molar-refractivity contribution in [1.29, 1.82) is 0 Å². The fourth-order valence-electron chi connectivity index (χ4n) is 13.1. The fraction of sp³-hybridized carbons (Fsp3) is 0.755. The number of allylic oxidation sites excluding steroid dienone is 2. The molecule has 1 aromatic rings. The summed E-state index contributed by atoms with van der Waals surface area (Å²) in [5, 5.41) is 10.3. The van der Waals surface area contributed by atoms with E-state index in [0.717, 1.165) is 87.5 Å². The highest BCUT2D eigenvalue weighted by Gasteiger charge is 2.62. The summed E-state index contributed by atoms with van der Waals surface area (Å²) in [7, 11) is 4.08. The third kappa shape index (κ3) is 9.28. The molecule has 0 spiro atoms. The molecular formula is C49H75ClN2O6. The first-order valence-electron chi connectivity index (χ1n) is 22.3. The normalized spacial score (nSPS) is 31.0. The first-order valence-corrected chi connectivity index (χ1v) is 22.7. The van der Waals surface area contributed by atoms with Gasteiger partial charge in [-0.3, -0.25) is 19.2 Å². The lowest BCUT2D eigenvalue weighted by atomic mass is 9.42. The van der Waals surface area contributed by atoms with Crippen LogP contribution < -0.4 is 0 Å². The molecule has 1 N–H and O–H groups in total. The Kier molecular flexibility index (Phi) is 13.9. The van der Waals surface area contributed by atoms with Crippen LogP contribution in [0, 0.1) is 50.7 Å². The molecular weight excluding hydrogens is 748 g/mol. The number of ether oxygens (including phenoxy) is 1. The van der Waals surface area contributed by atoms with Crippen LogP contribution in [0.2, 0.25) is 5.02 Å². The number of Topliss-reactive ketones (excluding diaryl/α,β-unsaturated/α-hetero) is 1. The Morgan fingerprint density at radius 3 is 2.26 bits per heavy atom. The smallest absolute Gasteiger partial charge is 0.309 e. The van der Waals surface area contributed by atoms with Crippen LogP contribution in [0.3, 0.4) is 0 Å². The highest BCUT2D eigenvalue weighted by atomic mass is 35.5. The Morgan fingerprint density at radius 1 is 0.983 bits per heavy atom. The monoisotopic (exact) mass is 823 g/mol. The van der Waals surface area contributed by atoms with Crippen LogP contribution >= 0.6 is 11.6 Å². The fourth-order valence-corrected chi connectivity index (χ4v) is 13.3. The Labute approximate surface area is 355 Å². The number of carboxylic acid groups (broad SMARTS) is 1. The number of hydrogen-bond donors (Lipinski definition) is 1. The van der Waals surface area contributed by atoms with Crippen molar-refractivity contribution in [2.24, 2.45) is 50.7 Å². The second kappa shape index (κ2) is 17.3. The van der Waals surface area contributed by atoms with Crippen LogP contribution in [0.5, 0.6) is 0 Å². The van der Waals surface area contributed by atoms with Gasteiger partial charge in [0.15, 0.2) is 5.78 Å². The molecule has 8 nitrogen and oxygen atoms in total. The van der Waals surface area contributed by atoms with Crippen LogP contribution in [0.25, 0.3) is 0 Å². The zero-order valence-electron chi connectivity index (χ0n) is 38.0. The predicted molar refractivity (Wildman–Crippen MR) is 232 cm³/mol. The average Bonchev–Trinajstić information content (AvgIpc) is 3.40. The van der Waals surface area contributed by atoms with Crippen LogP contribution in [-0.2, 0) is 37.0 Å². The van der Waals surface area contributed by atoms with E-state index in [1.165, 1.54) is 5.57 Å². The lowest BCUT2D eigenvalue weighted by Crippen LogP contribution is -2.56. The van der Waals surface area contributed by atoms with E-state index in [0.29, 0.717) is 48.1 Å². The molecule has 0 heterocycles. The summed E-state index contributed by atoms with van der Waals surface area (Å²) < 4.78 is 6.10. The van der Waals surface area contributed by atoms with Crippen molar-refractivity contribution < 1.29 is 29.0 Å². The van der Waals surface area contributed by atoms with Crippen molar-refractivity contribution in [3.63, 3.8) is 0 Å². The number of carboxylic acids is 1. The maximum absolute atomic E-state index is 14.2. The van der Waals surface area contributed by atoms with E-state index in [9.17, 15) is 24.3 Å². The number of carbonyl (C=O) groups is 4. The maximum Gasteiger partial charge on any atom is 0.309 e. The topological polar surface area (TPSA) is 104 Å². The zero-order valence-corrected chi connectivity index (χ0v) is 38.7. The molecule has 1 aromatic carbocycles. The van der Waals surface area contributed by atoms with Gasteiger partial charge in [-0.2, -0.15) is 0 Å². The van der Waals surface area contributed by atoms with Crippen LogP contribution in [0.15, 0.2) is 29.3 Å². The molecule has 7 atom stereocenters. The van der Waals surface area contributed by atoms with Gasteiger partial charge in [0.1, 0.15) is 6.10 Å². The van der Waals surface area contributed by atoms with Gasteiger partial charge in [-0.1, -0.05) is 78.1 Å². The lowest BCUT2D eigenvalue weighted by molar-refractivity contribution is -0.175. The highest BCUT2D eigenvalue weighted by Crippen LogP contribution is 2.69. The number of halogens is 1. The molecule has 7 unspecified atom stereocenters. The number of benzene rings is 1. The molecule has 0 aliphatic heterocycles. The Morgan fingerprint density at radius 2 is 1.67 bits per heavy atom. The standard InChI is InChI=1S/C49H75ClN2O6/c1-13-20-48(10)37-18-22-49(23-24-52(32(4)53)29-33-14-15-35(50)25-34(33)28-51(11)12)26-38(54)42(31(2)3)43(49)36(37)16-17-39(48)47(9)21-19-40(46(7,8)30-47)58-41(55)27-45(5,6)44(56)57/h14-15,25,31,36-37,39-40H,13,16-24,26-30H2,1-12H3,(H,56,57). The number of amides is 1. The third-order valence-electron chi connectivity index (χ3n) is 15.5. The Hall–Kier alpha value is -2.71. The van der Waals surface area contributed by atoms with Gasteiger partial charge >= 0.3 is 11.9 Å². The number of esters is 1. The number of nitrogens with zero attached hydrogens (tertiary/aromatic N) is 2. The molecule has 0 aromatic heterocycles. The molecule has 3 fully saturated rings. The van der Waals surface area contributed by atoms with Gasteiger partial charge in [-0.15, -0.1) is 0 Å². The Bertz CT molecular complexity index is 1760. The van der Waals surface area contributed by atoms with Crippen LogP contribution in [0.1, 0.15) is 157 Å². The van der Waals surface area contributed by atoms with Crippen molar-refractivity contribution in [3.05, 3.63) is 45.5 Å². The molecule has 5 rings (SSSR count). The van der Waals surface area contributed by atoms with E-state index >= 15 is 0 Å². The molecule has 0 saturated heterocycles. The van der Waals surface area contributed by atoms with E-state index in [2.05, 4.69) is 59.4 Å². The number of rotatable bonds is 15. The van der Waals surface area contributed by atoms with Gasteiger partial charge in [0.05, 0.1) is 11.8 Å². The largest absolute Gasteiger partial charge is 0.481 e. The second-order valence-corrected chi connectivity index (χ2v) is 22.0. The lowest BCUT2D eigenvalue weighted by Gasteiger charge is -2.63. The summed E-state index contributed by atoms with van der Waals surface area (Å²) in [5.74, 6) is 0.406. The molecule has 9 heteroatoms. The van der Waals surface area contributed by atoms with E-state index in [4.69, 9.17) is 16.3 Å². The van der Waals surface area contributed by atoms with Crippen molar-refractivity contribution in [3.8, 4) is 0 Å². The van der Waals surface area contributed by atoms with Crippen LogP contribution in [-0.4, -0.2) is 65.3 Å². The van der Waals surface area contributed by atoms with E-state index in [-0.39, 0.29) is 46.0 Å². The number of hydrogen-bond acceptors (Lipinski definition) is 6. The van der Waals surface area contributed by atoms with Crippen molar-refractivity contribution in [2.75, 3.05) is 20.6 Å². The summed E-state index contributed by atoms with van der Waals surface area (Å²) >= 11 is 6.42. The molecule has 0 bridgehead atoms. The van der Waals surface area contributed by atoms with Crippen molar-refractivity contribution in [1.82, 2.24) is 9.80 Å². The maximum atomic E-state index is 14.2. The van der Waals surface area contributed by atoms with Crippen LogP contribution in [0.4, 0.5) is 0 Å². The summed E-state index contributed by atoms with van der Waals surface area (Å²) in [4.78, 5) is 56.5. The minimum atomic E-state index is -1.17. The average molecular weight is 824 g/mol. The molecule has 4 aliphatic carbocycles. The first-order chi connectivity index (χ1) is 26.9. The first kappa shape index (κ1) is 46.4. The second-order valence-electron chi connectivity index (χ2n) is 21.5. The molecule has 3 saturated carbocycles. The quantitative estimate of drug-likeness (QED) is 0.176. The van der Waals surface area contributed by atoms with Gasteiger partial charge in [-0.25, -0.2) is 0 Å². The molecule has 324 valence electrons. The minimum Gasteiger partial charge on any atom is -0.481 e. The Balaban J connectivity index is 1.41. The highest BCUT2D eigenvalue weighted by molar-refractivity contribution is 6.30. The summed E-state index contributed by atoms with van der Waals surface area (Å²) in [5.41, 5.74) is 3.23. The zero-order chi connectivity index (χ0) is 43.2. The predicted octanol–water partition coefficient (Wildman–Crippen LogP) is 10.9. The third-order valence-corrected chi connectivity index (χ3v) is 15.8. The molecule has 4 aliphatic rings. The van der Waals surface area contributed by atoms with E-state index in [1.807, 2.05) is 31.1 Å². The molecule has 58 heavy (non-hydrogen) atoms. The SMILES string of the molecule is CCCC1(C)C2CCC3(CCN(Cc4ccc(Cl)cc4CN(C)C)C(C)=O)CC(=O)C(C(C)C)=C3C2CCC1C1(C)CCC(OC(=O)CC(C)(C)C(=O)O)C(C)(C)C1. The summed E-state index contributed by atoms with van der Waals surface area (Å²) in [6, 6.07) is 5.98. The van der Waals surface area contributed by atoms with Gasteiger partial charge in [0.2, 0.25) is 5.91 Å². The number of carbonyl (C=O) groups excluding carboxylic acids is 3. The summed E-state index contributed by atoms with van der Waals surface area (Å²) in [6.45, 7) is 22.9. The number of aliphatic carboxylic acids is 1. The minimum absolute atomic E-state index is 0.0476. The van der Waals surface area contributed by atoms with Gasteiger partial charge in [0, 0.05) is 48.8 Å².